The van der Waals surface area contributed by atoms with E-state index >= 15 is 0 Å². The molecule has 1 aliphatic rings. The van der Waals surface area contributed by atoms with Crippen LogP contribution in [-0.2, 0) is 5.60 Å². The lowest BCUT2D eigenvalue weighted by Crippen LogP contribution is -2.39. The van der Waals surface area contributed by atoms with Crippen LogP contribution in [0.4, 0.5) is 0 Å². The van der Waals surface area contributed by atoms with Crippen molar-refractivity contribution >= 4 is 5.78 Å². The number of Topliss-reactive ketones (excluding diaryl/α,β-unsaturated/α-hetero) is 1. The molecule has 0 aromatic heterocycles. The third-order valence-corrected chi connectivity index (χ3v) is 5.11. The Morgan fingerprint density at radius 2 is 1.70 bits per heavy atom. The molecule has 0 bridgehead atoms. The van der Waals surface area contributed by atoms with E-state index in [1.807, 2.05) is 42.5 Å². The predicted molar refractivity (Wildman–Crippen MR) is 111 cm³/mol. The quantitative estimate of drug-likeness (QED) is 0.540. The van der Waals surface area contributed by atoms with Gasteiger partial charge in [0.15, 0.2) is 5.78 Å². The summed E-state index contributed by atoms with van der Waals surface area (Å²) in [6, 6.07) is 17.7. The second kappa shape index (κ2) is 8.39. The van der Waals surface area contributed by atoms with Crippen molar-refractivity contribution in [2.45, 2.75) is 52.1 Å². The van der Waals surface area contributed by atoms with Crippen molar-refractivity contribution in [3.05, 3.63) is 89.0 Å². The van der Waals surface area contributed by atoms with E-state index in [0.717, 1.165) is 18.4 Å². The fourth-order valence-corrected chi connectivity index (χ4v) is 3.55. The molecule has 0 spiro atoms. The van der Waals surface area contributed by atoms with Crippen LogP contribution in [0.5, 0.6) is 5.75 Å². The molecule has 1 aliphatic heterocycles. The molecule has 2 heteroatoms. The van der Waals surface area contributed by atoms with Gasteiger partial charge in [0.1, 0.15) is 11.4 Å². The smallest absolute Gasteiger partial charge is 0.170 e. The van der Waals surface area contributed by atoms with Gasteiger partial charge in [-0.05, 0) is 51.3 Å². The Labute approximate surface area is 162 Å². The number of para-hydroxylation sites is 1. The topological polar surface area (TPSA) is 26.3 Å². The number of benzene rings is 2. The van der Waals surface area contributed by atoms with Gasteiger partial charge in [0.2, 0.25) is 0 Å². The van der Waals surface area contributed by atoms with Crippen molar-refractivity contribution < 1.29 is 9.53 Å². The molecule has 1 atom stereocenters. The highest BCUT2D eigenvalue weighted by molar-refractivity contribution is 6.00. The Kier molecular flexibility index (Phi) is 5.95. The van der Waals surface area contributed by atoms with E-state index in [0.29, 0.717) is 24.2 Å². The summed E-state index contributed by atoms with van der Waals surface area (Å²) in [6.45, 7) is 6.42. The first-order valence-corrected chi connectivity index (χ1v) is 9.66. The average molecular weight is 360 g/mol. The third kappa shape index (κ3) is 4.57. The van der Waals surface area contributed by atoms with E-state index in [1.165, 1.54) is 11.1 Å². The summed E-state index contributed by atoms with van der Waals surface area (Å²) in [6.07, 6.45) is 7.64. The van der Waals surface area contributed by atoms with E-state index in [-0.39, 0.29) is 5.78 Å². The fraction of sp³-hybridized carbons (Fsp3) is 0.320. The van der Waals surface area contributed by atoms with Gasteiger partial charge in [-0.1, -0.05) is 65.8 Å². The standard InChI is InChI=1S/C25H28O2/c1-19(2)10-9-11-20(3)16-17-25(21-12-5-4-6-13-21)18-23(26)22-14-7-8-15-24(22)27-25/h4-8,10,12-16H,9,11,17-18H2,1-3H3. The Morgan fingerprint density at radius 1 is 1.00 bits per heavy atom. The van der Waals surface area contributed by atoms with E-state index in [2.05, 4.69) is 45.1 Å². The number of carbonyl (C=O) groups excluding carboxylic acids is 1. The minimum atomic E-state index is -0.634. The highest BCUT2D eigenvalue weighted by Gasteiger charge is 2.41. The molecule has 0 amide bonds. The van der Waals surface area contributed by atoms with E-state index in [9.17, 15) is 4.79 Å². The van der Waals surface area contributed by atoms with Crippen LogP contribution in [0.1, 0.15) is 62.4 Å². The van der Waals surface area contributed by atoms with Gasteiger partial charge >= 0.3 is 0 Å². The lowest BCUT2D eigenvalue weighted by Gasteiger charge is -2.38. The SMILES string of the molecule is CC(C)=CCCC(C)=CCC1(c2ccccc2)CC(=O)c2ccccc2O1. The lowest BCUT2D eigenvalue weighted by atomic mass is 9.81. The van der Waals surface area contributed by atoms with Gasteiger partial charge in [-0.2, -0.15) is 0 Å². The molecule has 0 saturated heterocycles. The van der Waals surface area contributed by atoms with Crippen LogP contribution >= 0.6 is 0 Å². The summed E-state index contributed by atoms with van der Waals surface area (Å²) in [5.41, 5.74) is 3.79. The summed E-state index contributed by atoms with van der Waals surface area (Å²) >= 11 is 0. The summed E-state index contributed by atoms with van der Waals surface area (Å²) in [7, 11) is 0. The number of allylic oxidation sites excluding steroid dienone is 3. The predicted octanol–water partition coefficient (Wildman–Crippen LogP) is 6.63. The molecule has 2 aromatic carbocycles. The van der Waals surface area contributed by atoms with Crippen LogP contribution in [0.15, 0.2) is 77.9 Å². The first-order chi connectivity index (χ1) is 13.0. The number of rotatable bonds is 6. The molecular formula is C25H28O2. The highest BCUT2D eigenvalue weighted by atomic mass is 16.5. The number of ether oxygens (including phenoxy) is 1. The molecule has 0 saturated carbocycles. The number of hydrogen-bond donors (Lipinski definition) is 0. The van der Waals surface area contributed by atoms with Gasteiger partial charge in [0.05, 0.1) is 12.0 Å². The van der Waals surface area contributed by atoms with Crippen molar-refractivity contribution in [2.24, 2.45) is 0 Å². The maximum atomic E-state index is 12.9. The van der Waals surface area contributed by atoms with Gasteiger partial charge in [-0.15, -0.1) is 0 Å². The third-order valence-electron chi connectivity index (χ3n) is 5.11. The van der Waals surface area contributed by atoms with Crippen LogP contribution in [0, 0.1) is 0 Å². The number of fused-ring (bicyclic) bond motifs is 1. The molecule has 2 aromatic rings. The first kappa shape index (κ1) is 19.2. The van der Waals surface area contributed by atoms with Crippen LogP contribution in [0.2, 0.25) is 0 Å². The summed E-state index contributed by atoms with van der Waals surface area (Å²) in [5.74, 6) is 0.837. The number of ketones is 1. The molecule has 0 aliphatic carbocycles. The molecule has 0 radical (unpaired) electrons. The molecule has 0 N–H and O–H groups in total. The summed E-state index contributed by atoms with van der Waals surface area (Å²) in [4.78, 5) is 12.9. The number of hydrogen-bond acceptors (Lipinski definition) is 2. The van der Waals surface area contributed by atoms with Crippen molar-refractivity contribution in [2.75, 3.05) is 0 Å². The zero-order valence-corrected chi connectivity index (χ0v) is 16.5. The molecule has 0 fully saturated rings. The molecule has 1 unspecified atom stereocenters. The Balaban J connectivity index is 1.89. The van der Waals surface area contributed by atoms with Crippen LogP contribution < -0.4 is 4.74 Å². The monoisotopic (exact) mass is 360 g/mol. The maximum Gasteiger partial charge on any atom is 0.170 e. The molecule has 27 heavy (non-hydrogen) atoms. The van der Waals surface area contributed by atoms with Gasteiger partial charge in [-0.3, -0.25) is 4.79 Å². The Hall–Kier alpha value is -2.61. The molecule has 140 valence electrons. The molecular weight excluding hydrogens is 332 g/mol. The second-order valence-electron chi connectivity index (χ2n) is 7.63. The highest BCUT2D eigenvalue weighted by Crippen LogP contribution is 2.42. The van der Waals surface area contributed by atoms with E-state index in [1.54, 1.807) is 0 Å². The Morgan fingerprint density at radius 3 is 2.44 bits per heavy atom. The largest absolute Gasteiger partial charge is 0.481 e. The molecule has 2 nitrogen and oxygen atoms in total. The summed E-state index contributed by atoms with van der Waals surface area (Å²) in [5, 5.41) is 0. The summed E-state index contributed by atoms with van der Waals surface area (Å²) < 4.78 is 6.49. The van der Waals surface area contributed by atoms with Crippen molar-refractivity contribution in [1.29, 1.82) is 0 Å². The molecule has 1 heterocycles. The van der Waals surface area contributed by atoms with E-state index in [4.69, 9.17) is 4.74 Å². The maximum absolute atomic E-state index is 12.9. The molecule has 3 rings (SSSR count). The van der Waals surface area contributed by atoms with Gasteiger partial charge in [-0.25, -0.2) is 0 Å². The number of carbonyl (C=O) groups is 1. The zero-order valence-electron chi connectivity index (χ0n) is 16.5. The van der Waals surface area contributed by atoms with Gasteiger partial charge < -0.3 is 4.74 Å². The normalized spacial score (nSPS) is 19.2. The zero-order chi connectivity index (χ0) is 19.3. The van der Waals surface area contributed by atoms with E-state index < -0.39 is 5.60 Å². The fourth-order valence-electron chi connectivity index (χ4n) is 3.55. The van der Waals surface area contributed by atoms with Gasteiger partial charge in [0, 0.05) is 6.42 Å². The van der Waals surface area contributed by atoms with Crippen molar-refractivity contribution in [3.63, 3.8) is 0 Å². The van der Waals surface area contributed by atoms with Crippen LogP contribution in [-0.4, -0.2) is 5.78 Å². The Bertz CT molecular complexity index is 857. The minimum absolute atomic E-state index is 0.149. The van der Waals surface area contributed by atoms with Crippen LogP contribution in [0.3, 0.4) is 0 Å². The average Bonchev–Trinajstić information content (AvgIpc) is 2.67. The van der Waals surface area contributed by atoms with Crippen molar-refractivity contribution in [3.8, 4) is 5.75 Å². The van der Waals surface area contributed by atoms with Crippen LogP contribution in [0.25, 0.3) is 0 Å². The van der Waals surface area contributed by atoms with Gasteiger partial charge in [0.25, 0.3) is 0 Å². The lowest BCUT2D eigenvalue weighted by molar-refractivity contribution is 0.0397. The minimum Gasteiger partial charge on any atom is -0.481 e. The second-order valence-corrected chi connectivity index (χ2v) is 7.63. The van der Waals surface area contributed by atoms with Crippen molar-refractivity contribution in [1.82, 2.24) is 0 Å². The first-order valence-electron chi connectivity index (χ1n) is 9.66.